The lowest BCUT2D eigenvalue weighted by Crippen LogP contribution is -2.17. The van der Waals surface area contributed by atoms with E-state index in [1.807, 2.05) is 0 Å². The average Bonchev–Trinajstić information content (AvgIpc) is 2.42. The molecule has 0 aliphatic rings. The molecule has 0 spiro atoms. The van der Waals surface area contributed by atoms with Crippen molar-refractivity contribution < 1.29 is 12.8 Å². The maximum Gasteiger partial charge on any atom is 0.264 e. The Morgan fingerprint density at radius 1 is 1.15 bits per heavy atom. The summed E-state index contributed by atoms with van der Waals surface area (Å²) in [4.78, 5) is -0.0250. The van der Waals surface area contributed by atoms with Crippen molar-refractivity contribution >= 4 is 33.0 Å². The minimum atomic E-state index is -3.86. The summed E-state index contributed by atoms with van der Waals surface area (Å²) >= 11 is 5.61. The number of rotatable bonds is 4. The zero-order chi connectivity index (χ0) is 14.8. The number of anilines is 2. The first kappa shape index (κ1) is 14.6. The number of nitrogens with one attached hydrogen (secondary N) is 2. The van der Waals surface area contributed by atoms with Crippen LogP contribution in [0.15, 0.2) is 47.4 Å². The van der Waals surface area contributed by atoms with Gasteiger partial charge in [0.05, 0.1) is 16.4 Å². The number of benzene rings is 2. The number of hydrogen-bond donors (Lipinski definition) is 3. The number of hydrogen-bond acceptors (Lipinski definition) is 4. The van der Waals surface area contributed by atoms with Gasteiger partial charge in [-0.25, -0.2) is 12.8 Å². The van der Waals surface area contributed by atoms with Crippen LogP contribution < -0.4 is 16.0 Å². The van der Waals surface area contributed by atoms with Crippen molar-refractivity contribution in [1.82, 2.24) is 0 Å². The highest BCUT2D eigenvalue weighted by Gasteiger charge is 2.18. The van der Waals surface area contributed by atoms with E-state index in [4.69, 9.17) is 17.4 Å². The lowest BCUT2D eigenvalue weighted by atomic mass is 10.3. The average molecular weight is 316 g/mol. The molecule has 0 heterocycles. The Kier molecular flexibility index (Phi) is 4.12. The molecule has 0 saturated carbocycles. The molecular weight excluding hydrogens is 305 g/mol. The van der Waals surface area contributed by atoms with Crippen LogP contribution in [0.1, 0.15) is 0 Å². The van der Waals surface area contributed by atoms with Crippen molar-refractivity contribution in [2.45, 2.75) is 4.90 Å². The van der Waals surface area contributed by atoms with E-state index in [0.29, 0.717) is 0 Å². The van der Waals surface area contributed by atoms with Gasteiger partial charge in [0.2, 0.25) is 0 Å². The molecule has 20 heavy (non-hydrogen) atoms. The van der Waals surface area contributed by atoms with Crippen molar-refractivity contribution in [3.8, 4) is 0 Å². The summed E-state index contributed by atoms with van der Waals surface area (Å²) in [5.74, 6) is 4.65. The van der Waals surface area contributed by atoms with Crippen LogP contribution in [0.3, 0.4) is 0 Å². The fraction of sp³-hybridized carbons (Fsp3) is 0. The molecular formula is C12H11ClFN3O2S. The maximum atomic E-state index is 13.0. The minimum absolute atomic E-state index is 0.0250. The molecule has 106 valence electrons. The van der Waals surface area contributed by atoms with Crippen molar-refractivity contribution in [2.24, 2.45) is 5.84 Å². The number of nitrogens with two attached hydrogens (primary N) is 1. The van der Waals surface area contributed by atoms with Crippen LogP contribution >= 0.6 is 11.6 Å². The van der Waals surface area contributed by atoms with Gasteiger partial charge in [0.15, 0.2) is 0 Å². The van der Waals surface area contributed by atoms with Crippen molar-refractivity contribution in [3.05, 3.63) is 53.3 Å². The maximum absolute atomic E-state index is 13.0. The van der Waals surface area contributed by atoms with Crippen LogP contribution in [0.25, 0.3) is 0 Å². The predicted molar refractivity (Wildman–Crippen MR) is 76.5 cm³/mol. The second kappa shape index (κ2) is 5.66. The molecule has 2 aromatic carbocycles. The first-order valence-corrected chi connectivity index (χ1v) is 7.33. The quantitative estimate of drug-likeness (QED) is 0.598. The van der Waals surface area contributed by atoms with Crippen LogP contribution in [-0.4, -0.2) is 8.42 Å². The summed E-state index contributed by atoms with van der Waals surface area (Å²) in [6.45, 7) is 0. The fourth-order valence-corrected chi connectivity index (χ4v) is 2.99. The highest BCUT2D eigenvalue weighted by molar-refractivity contribution is 7.92. The van der Waals surface area contributed by atoms with E-state index in [2.05, 4.69) is 10.1 Å². The zero-order valence-corrected chi connectivity index (χ0v) is 11.7. The van der Waals surface area contributed by atoms with Crippen LogP contribution in [-0.2, 0) is 10.0 Å². The molecule has 0 atom stereocenters. The summed E-state index contributed by atoms with van der Waals surface area (Å²) in [5.41, 5.74) is 2.70. The molecule has 0 unspecified atom stereocenters. The number of sulfonamides is 1. The van der Waals surface area contributed by atoms with Gasteiger partial charge in [0.1, 0.15) is 10.7 Å². The monoisotopic (exact) mass is 315 g/mol. The van der Waals surface area contributed by atoms with E-state index in [1.165, 1.54) is 24.3 Å². The third kappa shape index (κ3) is 3.01. The molecule has 5 nitrogen and oxygen atoms in total. The van der Waals surface area contributed by atoms with Crippen molar-refractivity contribution in [1.29, 1.82) is 0 Å². The van der Waals surface area contributed by atoms with Crippen LogP contribution in [0.5, 0.6) is 0 Å². The first-order valence-electron chi connectivity index (χ1n) is 5.47. The highest BCUT2D eigenvalue weighted by atomic mass is 35.5. The van der Waals surface area contributed by atoms with E-state index >= 15 is 0 Å². The van der Waals surface area contributed by atoms with Crippen LogP contribution in [0.4, 0.5) is 15.8 Å². The number of nitrogen functional groups attached to an aromatic ring is 1. The molecule has 0 saturated heterocycles. The molecule has 0 aromatic heterocycles. The third-order valence-corrected chi connectivity index (χ3v) is 4.23. The number of hydrazine groups is 1. The summed E-state index contributed by atoms with van der Waals surface area (Å²) in [6.07, 6.45) is 0. The molecule has 8 heteroatoms. The second-order valence-corrected chi connectivity index (χ2v) is 5.93. The molecule has 0 fully saturated rings. The van der Waals surface area contributed by atoms with Gasteiger partial charge in [-0.05, 0) is 30.3 Å². The van der Waals surface area contributed by atoms with E-state index in [9.17, 15) is 12.8 Å². The van der Waals surface area contributed by atoms with Gasteiger partial charge >= 0.3 is 0 Å². The van der Waals surface area contributed by atoms with Gasteiger partial charge in [-0.2, -0.15) is 0 Å². The molecule has 0 aliphatic carbocycles. The zero-order valence-electron chi connectivity index (χ0n) is 10.1. The standard InChI is InChI=1S/C12H11ClFN3O2S/c13-9-7-8(5-6-10(9)14)17-20(18,19)12-4-2-1-3-11(12)16-15/h1-7,16-17H,15H2. The van der Waals surface area contributed by atoms with Gasteiger partial charge in [0, 0.05) is 0 Å². The van der Waals surface area contributed by atoms with Crippen molar-refractivity contribution in [3.63, 3.8) is 0 Å². The fourth-order valence-electron chi connectivity index (χ4n) is 1.59. The Bertz CT molecular complexity index is 737. The van der Waals surface area contributed by atoms with Crippen LogP contribution in [0.2, 0.25) is 5.02 Å². The van der Waals surface area contributed by atoms with Gasteiger partial charge in [-0.15, -0.1) is 0 Å². The summed E-state index contributed by atoms with van der Waals surface area (Å²) < 4.78 is 39.8. The second-order valence-electron chi connectivity index (χ2n) is 3.87. The summed E-state index contributed by atoms with van der Waals surface area (Å²) in [5, 5.41) is -0.171. The normalized spacial score (nSPS) is 11.2. The lowest BCUT2D eigenvalue weighted by Gasteiger charge is -2.12. The molecule has 0 aliphatic heterocycles. The number of halogens is 2. The van der Waals surface area contributed by atoms with Gasteiger partial charge in [-0.1, -0.05) is 23.7 Å². The molecule has 2 rings (SSSR count). The smallest absolute Gasteiger partial charge is 0.264 e. The Labute approximate surface area is 120 Å². The molecule has 4 N–H and O–H groups in total. The minimum Gasteiger partial charge on any atom is -0.323 e. The largest absolute Gasteiger partial charge is 0.323 e. The van der Waals surface area contributed by atoms with E-state index in [-0.39, 0.29) is 21.3 Å². The molecule has 0 radical (unpaired) electrons. The Morgan fingerprint density at radius 2 is 1.85 bits per heavy atom. The Hall–Kier alpha value is -1.83. The summed E-state index contributed by atoms with van der Waals surface area (Å²) in [7, 11) is -3.86. The topological polar surface area (TPSA) is 84.2 Å². The van der Waals surface area contributed by atoms with Gasteiger partial charge in [-0.3, -0.25) is 10.6 Å². The van der Waals surface area contributed by atoms with Gasteiger partial charge in [0.25, 0.3) is 10.0 Å². The number of para-hydroxylation sites is 1. The van der Waals surface area contributed by atoms with E-state index < -0.39 is 15.8 Å². The highest BCUT2D eigenvalue weighted by Crippen LogP contribution is 2.25. The molecule has 0 bridgehead atoms. The van der Waals surface area contributed by atoms with E-state index in [1.54, 1.807) is 12.1 Å². The molecule has 0 amide bonds. The first-order chi connectivity index (χ1) is 9.44. The van der Waals surface area contributed by atoms with Crippen molar-refractivity contribution in [2.75, 3.05) is 10.1 Å². The van der Waals surface area contributed by atoms with Crippen LogP contribution in [0, 0.1) is 5.82 Å². The third-order valence-electron chi connectivity index (χ3n) is 2.50. The SMILES string of the molecule is NNc1ccccc1S(=O)(=O)Nc1ccc(F)c(Cl)c1. The Balaban J connectivity index is 2.38. The van der Waals surface area contributed by atoms with Gasteiger partial charge < -0.3 is 5.43 Å². The summed E-state index contributed by atoms with van der Waals surface area (Å²) in [6, 6.07) is 9.66. The Morgan fingerprint density at radius 3 is 2.50 bits per heavy atom. The lowest BCUT2D eigenvalue weighted by molar-refractivity contribution is 0.601. The molecule has 2 aromatic rings. The van der Waals surface area contributed by atoms with E-state index in [0.717, 1.165) is 6.07 Å². The predicted octanol–water partition coefficient (Wildman–Crippen LogP) is 2.57.